The molecule has 3 N–H and O–H groups in total. The van der Waals surface area contributed by atoms with Crippen LogP contribution in [0.3, 0.4) is 0 Å². The fraction of sp³-hybridized carbons (Fsp3) is 0.533. The smallest absolute Gasteiger partial charge is 0.237 e. The molecule has 0 saturated heterocycles. The monoisotopic (exact) mass is 316 g/mol. The Balaban J connectivity index is 0.00000400. The summed E-state index contributed by atoms with van der Waals surface area (Å²) in [6.45, 7) is 5.73. The number of carbonyl (C=O) groups excluding carboxylic acids is 1. The molecule has 0 aliphatic heterocycles. The maximum atomic E-state index is 12.0. The average molecular weight is 317 g/mol. The van der Waals surface area contributed by atoms with E-state index in [9.17, 15) is 4.79 Å². The van der Waals surface area contributed by atoms with E-state index < -0.39 is 6.04 Å². The molecule has 1 aromatic rings. The second-order valence-electron chi connectivity index (χ2n) is 5.11. The summed E-state index contributed by atoms with van der Waals surface area (Å²) in [5, 5.41) is 2.90. The molecule has 120 valence electrons. The topological polar surface area (TPSA) is 73.6 Å². The Bertz CT molecular complexity index is 466. The molecule has 0 spiro atoms. The van der Waals surface area contributed by atoms with Crippen molar-refractivity contribution in [3.8, 4) is 11.5 Å². The molecule has 0 aromatic heterocycles. The molecule has 0 saturated carbocycles. The van der Waals surface area contributed by atoms with Gasteiger partial charge < -0.3 is 20.5 Å². The van der Waals surface area contributed by atoms with Crippen LogP contribution in [0.1, 0.15) is 32.4 Å². The van der Waals surface area contributed by atoms with Crippen molar-refractivity contribution in [2.45, 2.75) is 32.9 Å². The summed E-state index contributed by atoms with van der Waals surface area (Å²) in [5.41, 5.74) is 6.70. The van der Waals surface area contributed by atoms with E-state index in [0.717, 1.165) is 11.3 Å². The van der Waals surface area contributed by atoms with Gasteiger partial charge in [-0.1, -0.05) is 13.8 Å². The zero-order valence-corrected chi connectivity index (χ0v) is 14.0. The molecule has 5 nitrogen and oxygen atoms in total. The molecule has 1 aromatic carbocycles. The molecule has 6 heteroatoms. The standard InChI is InChI=1S/C15H24N2O3.ClH/c1-9(2)14(16)15(18)17-10(3)12-8-11(19-4)6-7-13(12)20-5;/h6-10,14H,16H2,1-5H3,(H,17,18);1H. The molecule has 1 rings (SSSR count). The number of hydrogen-bond donors (Lipinski definition) is 2. The Morgan fingerprint density at radius 3 is 2.29 bits per heavy atom. The number of halogens is 1. The molecule has 21 heavy (non-hydrogen) atoms. The van der Waals surface area contributed by atoms with Crippen LogP contribution in [0.4, 0.5) is 0 Å². The fourth-order valence-corrected chi connectivity index (χ4v) is 1.87. The number of methoxy groups -OCH3 is 2. The molecule has 0 bridgehead atoms. The highest BCUT2D eigenvalue weighted by molar-refractivity contribution is 5.85. The van der Waals surface area contributed by atoms with Crippen molar-refractivity contribution in [3.05, 3.63) is 23.8 Å². The molecule has 0 fully saturated rings. The predicted molar refractivity (Wildman–Crippen MR) is 86.2 cm³/mol. The van der Waals surface area contributed by atoms with Gasteiger partial charge in [0.2, 0.25) is 5.91 Å². The van der Waals surface area contributed by atoms with Gasteiger partial charge in [0.05, 0.1) is 26.3 Å². The first-order valence-electron chi connectivity index (χ1n) is 6.68. The van der Waals surface area contributed by atoms with Crippen molar-refractivity contribution < 1.29 is 14.3 Å². The van der Waals surface area contributed by atoms with E-state index >= 15 is 0 Å². The van der Waals surface area contributed by atoms with E-state index in [1.54, 1.807) is 14.2 Å². The summed E-state index contributed by atoms with van der Waals surface area (Å²) in [4.78, 5) is 12.0. The minimum absolute atomic E-state index is 0. The van der Waals surface area contributed by atoms with Gasteiger partial charge in [-0.05, 0) is 31.0 Å². The van der Waals surface area contributed by atoms with E-state index in [2.05, 4.69) is 5.32 Å². The Labute approximate surface area is 132 Å². The summed E-state index contributed by atoms with van der Waals surface area (Å²) in [5.74, 6) is 1.35. The molecule has 0 radical (unpaired) electrons. The van der Waals surface area contributed by atoms with Crippen LogP contribution in [-0.4, -0.2) is 26.2 Å². The third-order valence-electron chi connectivity index (χ3n) is 3.28. The van der Waals surface area contributed by atoms with Gasteiger partial charge >= 0.3 is 0 Å². The van der Waals surface area contributed by atoms with E-state index in [1.807, 2.05) is 39.0 Å². The molecule has 0 heterocycles. The molecule has 0 aliphatic carbocycles. The minimum Gasteiger partial charge on any atom is -0.497 e. The molecular weight excluding hydrogens is 292 g/mol. The van der Waals surface area contributed by atoms with Crippen molar-refractivity contribution in [2.24, 2.45) is 11.7 Å². The molecule has 2 atom stereocenters. The number of rotatable bonds is 6. The highest BCUT2D eigenvalue weighted by Crippen LogP contribution is 2.29. The highest BCUT2D eigenvalue weighted by atomic mass is 35.5. The molecule has 1 amide bonds. The van der Waals surface area contributed by atoms with Gasteiger partial charge in [0.25, 0.3) is 0 Å². The van der Waals surface area contributed by atoms with Crippen molar-refractivity contribution >= 4 is 18.3 Å². The van der Waals surface area contributed by atoms with Crippen LogP contribution in [-0.2, 0) is 4.79 Å². The Morgan fingerprint density at radius 2 is 1.81 bits per heavy atom. The summed E-state index contributed by atoms with van der Waals surface area (Å²) in [6.07, 6.45) is 0. The zero-order valence-electron chi connectivity index (χ0n) is 13.2. The third kappa shape index (κ3) is 5.10. The van der Waals surface area contributed by atoms with Crippen molar-refractivity contribution in [1.82, 2.24) is 5.32 Å². The van der Waals surface area contributed by atoms with Gasteiger partial charge in [-0.25, -0.2) is 0 Å². The number of hydrogen-bond acceptors (Lipinski definition) is 4. The van der Waals surface area contributed by atoms with E-state index in [4.69, 9.17) is 15.2 Å². The van der Waals surface area contributed by atoms with E-state index in [1.165, 1.54) is 0 Å². The largest absolute Gasteiger partial charge is 0.497 e. The number of ether oxygens (including phenoxy) is 2. The van der Waals surface area contributed by atoms with E-state index in [0.29, 0.717) is 5.75 Å². The van der Waals surface area contributed by atoms with Gasteiger partial charge in [-0.3, -0.25) is 4.79 Å². The SMILES string of the molecule is COc1ccc(OC)c(C(C)NC(=O)C(N)C(C)C)c1.Cl. The van der Waals surface area contributed by atoms with Crippen LogP contribution in [0.5, 0.6) is 11.5 Å². The first-order chi connectivity index (χ1) is 9.40. The van der Waals surface area contributed by atoms with Crippen LogP contribution in [0.25, 0.3) is 0 Å². The fourth-order valence-electron chi connectivity index (χ4n) is 1.87. The average Bonchev–Trinajstić information content (AvgIpc) is 2.45. The molecular formula is C15H25ClN2O3. The number of carbonyl (C=O) groups is 1. The summed E-state index contributed by atoms with van der Waals surface area (Å²) < 4.78 is 10.5. The van der Waals surface area contributed by atoms with Gasteiger partial charge in [0, 0.05) is 5.56 Å². The van der Waals surface area contributed by atoms with Gasteiger partial charge in [0.15, 0.2) is 0 Å². The first-order valence-corrected chi connectivity index (χ1v) is 6.68. The Kier molecular flexibility index (Phi) is 8.14. The van der Waals surface area contributed by atoms with Gasteiger partial charge in [0.1, 0.15) is 11.5 Å². The zero-order chi connectivity index (χ0) is 15.3. The number of amides is 1. The van der Waals surface area contributed by atoms with Crippen LogP contribution < -0.4 is 20.5 Å². The summed E-state index contributed by atoms with van der Waals surface area (Å²) >= 11 is 0. The molecule has 2 unspecified atom stereocenters. The maximum absolute atomic E-state index is 12.0. The van der Waals surface area contributed by atoms with Crippen molar-refractivity contribution in [1.29, 1.82) is 0 Å². The number of nitrogens with one attached hydrogen (secondary N) is 1. The predicted octanol–water partition coefficient (Wildman–Crippen LogP) is 2.29. The number of nitrogens with two attached hydrogens (primary N) is 1. The van der Waals surface area contributed by atoms with Crippen LogP contribution >= 0.6 is 12.4 Å². The first kappa shape index (κ1) is 19.5. The summed E-state index contributed by atoms with van der Waals surface area (Å²) in [6, 6.07) is 4.76. The van der Waals surface area contributed by atoms with Crippen molar-refractivity contribution in [2.75, 3.05) is 14.2 Å². The maximum Gasteiger partial charge on any atom is 0.237 e. The second-order valence-corrected chi connectivity index (χ2v) is 5.11. The number of benzene rings is 1. The lowest BCUT2D eigenvalue weighted by Crippen LogP contribution is -2.44. The van der Waals surface area contributed by atoms with Gasteiger partial charge in [-0.15, -0.1) is 12.4 Å². The minimum atomic E-state index is -0.519. The normalized spacial score (nSPS) is 13.1. The Morgan fingerprint density at radius 1 is 1.19 bits per heavy atom. The molecule has 0 aliphatic rings. The quantitative estimate of drug-likeness (QED) is 0.844. The van der Waals surface area contributed by atoms with Crippen LogP contribution in [0, 0.1) is 5.92 Å². The lowest BCUT2D eigenvalue weighted by Gasteiger charge is -2.21. The van der Waals surface area contributed by atoms with Gasteiger partial charge in [-0.2, -0.15) is 0 Å². The summed E-state index contributed by atoms with van der Waals surface area (Å²) in [7, 11) is 3.20. The Hall–Kier alpha value is -1.46. The lowest BCUT2D eigenvalue weighted by molar-refractivity contribution is -0.123. The highest BCUT2D eigenvalue weighted by Gasteiger charge is 2.21. The third-order valence-corrected chi connectivity index (χ3v) is 3.28. The van der Waals surface area contributed by atoms with Crippen LogP contribution in [0.15, 0.2) is 18.2 Å². The lowest BCUT2D eigenvalue weighted by atomic mass is 10.0. The second kappa shape index (κ2) is 8.74. The van der Waals surface area contributed by atoms with Crippen LogP contribution in [0.2, 0.25) is 0 Å². The van der Waals surface area contributed by atoms with Crippen molar-refractivity contribution in [3.63, 3.8) is 0 Å². The van der Waals surface area contributed by atoms with E-state index in [-0.39, 0.29) is 30.3 Å².